The molecule has 0 amide bonds. The quantitative estimate of drug-likeness (QED) is 0.704. The van der Waals surface area contributed by atoms with Crippen LogP contribution in [0.2, 0.25) is 0 Å². The maximum atomic E-state index is 13.1. The van der Waals surface area contributed by atoms with E-state index in [9.17, 15) is 18.3 Å². The molecule has 1 aliphatic rings. The summed E-state index contributed by atoms with van der Waals surface area (Å²) in [6.07, 6.45) is 6.95. The summed E-state index contributed by atoms with van der Waals surface area (Å²) in [5.41, 5.74) is 1.62. The molecule has 7 nitrogen and oxygen atoms in total. The Hall–Kier alpha value is -2.84. The van der Waals surface area contributed by atoms with E-state index in [1.165, 1.54) is 22.5 Å². The molecule has 1 fully saturated rings. The number of aromatic carboxylic acids is 1. The first-order valence-electron chi connectivity index (χ1n) is 9.55. The number of sulfonamides is 1. The fourth-order valence-corrected chi connectivity index (χ4v) is 5.18. The molecule has 2 aromatic heterocycles. The standard InChI is InChI=1S/C21H21N3O4S/c25-21(26)18-13-20(15-6-5-9-22-14-15)23-19-8-7-16(12-17(18)19)29(27,28)24-10-3-1-2-4-11-24/h5-9,12-14H,1-4,10-11H2,(H,25,26). The Morgan fingerprint density at radius 3 is 2.45 bits per heavy atom. The minimum Gasteiger partial charge on any atom is -0.478 e. The zero-order chi connectivity index (χ0) is 20.4. The molecule has 1 aromatic carbocycles. The van der Waals surface area contributed by atoms with E-state index in [0.29, 0.717) is 35.2 Å². The summed E-state index contributed by atoms with van der Waals surface area (Å²) in [4.78, 5) is 20.6. The molecule has 150 valence electrons. The van der Waals surface area contributed by atoms with Crippen molar-refractivity contribution in [3.63, 3.8) is 0 Å². The van der Waals surface area contributed by atoms with Crippen molar-refractivity contribution < 1.29 is 18.3 Å². The summed E-state index contributed by atoms with van der Waals surface area (Å²) in [6.45, 7) is 0.981. The van der Waals surface area contributed by atoms with E-state index >= 15 is 0 Å². The molecule has 0 bridgehead atoms. The van der Waals surface area contributed by atoms with Crippen molar-refractivity contribution in [1.82, 2.24) is 14.3 Å². The number of carbonyl (C=O) groups is 1. The highest BCUT2D eigenvalue weighted by Crippen LogP contribution is 2.28. The summed E-state index contributed by atoms with van der Waals surface area (Å²) in [5, 5.41) is 10.0. The third kappa shape index (κ3) is 3.86. The van der Waals surface area contributed by atoms with E-state index in [-0.39, 0.29) is 10.5 Å². The summed E-state index contributed by atoms with van der Waals surface area (Å²) >= 11 is 0. The Kier molecular flexibility index (Phi) is 5.29. The SMILES string of the molecule is O=C(O)c1cc(-c2cccnc2)nc2ccc(S(=O)(=O)N3CCCCCC3)cc12. The van der Waals surface area contributed by atoms with Crippen molar-refractivity contribution >= 4 is 26.9 Å². The highest BCUT2D eigenvalue weighted by atomic mass is 32.2. The van der Waals surface area contributed by atoms with E-state index in [0.717, 1.165) is 25.7 Å². The van der Waals surface area contributed by atoms with Crippen molar-refractivity contribution in [2.45, 2.75) is 30.6 Å². The lowest BCUT2D eigenvalue weighted by molar-refractivity contribution is 0.0699. The lowest BCUT2D eigenvalue weighted by Crippen LogP contribution is -2.31. The van der Waals surface area contributed by atoms with Gasteiger partial charge in [-0.25, -0.2) is 18.2 Å². The van der Waals surface area contributed by atoms with E-state index in [4.69, 9.17) is 0 Å². The topological polar surface area (TPSA) is 100 Å². The third-order valence-electron chi connectivity index (χ3n) is 5.17. The fraction of sp³-hybridized carbons (Fsp3) is 0.286. The second-order valence-electron chi connectivity index (χ2n) is 7.10. The molecule has 3 heterocycles. The molecule has 3 aromatic rings. The minimum atomic E-state index is -3.68. The summed E-state index contributed by atoms with van der Waals surface area (Å²) in [7, 11) is -3.68. The number of carboxylic acids is 1. The van der Waals surface area contributed by atoms with E-state index < -0.39 is 16.0 Å². The van der Waals surface area contributed by atoms with Gasteiger partial charge in [-0.15, -0.1) is 0 Å². The highest BCUT2D eigenvalue weighted by molar-refractivity contribution is 7.89. The number of pyridine rings is 2. The summed E-state index contributed by atoms with van der Waals surface area (Å²) < 4.78 is 27.7. The molecule has 0 aliphatic carbocycles. The number of fused-ring (bicyclic) bond motifs is 1. The van der Waals surface area contributed by atoms with Crippen molar-refractivity contribution in [2.24, 2.45) is 0 Å². The van der Waals surface area contributed by atoms with Crippen LogP contribution in [0.15, 0.2) is 53.7 Å². The molecule has 0 radical (unpaired) electrons. The van der Waals surface area contributed by atoms with E-state index in [1.807, 2.05) is 0 Å². The van der Waals surface area contributed by atoms with Crippen LogP contribution in [0.1, 0.15) is 36.0 Å². The Labute approximate surface area is 169 Å². The van der Waals surface area contributed by atoms with Gasteiger partial charge in [0.2, 0.25) is 10.0 Å². The Balaban J connectivity index is 1.83. The number of nitrogens with zero attached hydrogens (tertiary/aromatic N) is 3. The van der Waals surface area contributed by atoms with Crippen molar-refractivity contribution in [2.75, 3.05) is 13.1 Å². The average molecular weight is 411 g/mol. The van der Waals surface area contributed by atoms with Crippen LogP contribution in [0.4, 0.5) is 0 Å². The molecule has 0 unspecified atom stereocenters. The van der Waals surface area contributed by atoms with Gasteiger partial charge in [-0.1, -0.05) is 12.8 Å². The van der Waals surface area contributed by atoms with Crippen LogP contribution in [0.25, 0.3) is 22.2 Å². The predicted octanol–water partition coefficient (Wildman–Crippen LogP) is 3.56. The van der Waals surface area contributed by atoms with Crippen LogP contribution in [0.5, 0.6) is 0 Å². The van der Waals surface area contributed by atoms with Crippen LogP contribution in [-0.4, -0.2) is 46.9 Å². The highest BCUT2D eigenvalue weighted by Gasteiger charge is 2.26. The van der Waals surface area contributed by atoms with Gasteiger partial charge in [0.1, 0.15) is 0 Å². The lowest BCUT2D eigenvalue weighted by atomic mass is 10.1. The van der Waals surface area contributed by atoms with Gasteiger partial charge >= 0.3 is 5.97 Å². The molecule has 4 rings (SSSR count). The second-order valence-corrected chi connectivity index (χ2v) is 9.04. The van der Waals surface area contributed by atoms with Gasteiger partial charge in [-0.3, -0.25) is 4.98 Å². The van der Waals surface area contributed by atoms with Crippen molar-refractivity contribution in [3.05, 3.63) is 54.4 Å². The van der Waals surface area contributed by atoms with Crippen LogP contribution in [-0.2, 0) is 10.0 Å². The van der Waals surface area contributed by atoms with Crippen LogP contribution < -0.4 is 0 Å². The molecule has 0 saturated carbocycles. The molecule has 0 atom stereocenters. The minimum absolute atomic E-state index is 0.0155. The van der Waals surface area contributed by atoms with Gasteiger partial charge < -0.3 is 5.11 Å². The first kappa shape index (κ1) is 19.5. The number of hydrogen-bond acceptors (Lipinski definition) is 5. The predicted molar refractivity (Wildman–Crippen MR) is 109 cm³/mol. The van der Waals surface area contributed by atoms with Gasteiger partial charge in [-0.2, -0.15) is 4.31 Å². The van der Waals surface area contributed by atoms with Crippen molar-refractivity contribution in [3.8, 4) is 11.3 Å². The molecule has 8 heteroatoms. The second kappa shape index (κ2) is 7.88. The van der Waals surface area contributed by atoms with Crippen molar-refractivity contribution in [1.29, 1.82) is 0 Å². The Bertz CT molecular complexity index is 1160. The first-order valence-corrected chi connectivity index (χ1v) is 11.0. The van der Waals surface area contributed by atoms with E-state index in [2.05, 4.69) is 9.97 Å². The van der Waals surface area contributed by atoms with E-state index in [1.54, 1.807) is 30.6 Å². The Morgan fingerprint density at radius 1 is 1.03 bits per heavy atom. The maximum absolute atomic E-state index is 13.1. The average Bonchev–Trinajstić information content (AvgIpc) is 3.03. The lowest BCUT2D eigenvalue weighted by Gasteiger charge is -2.20. The zero-order valence-corrected chi connectivity index (χ0v) is 16.6. The number of benzene rings is 1. The molecular weight excluding hydrogens is 390 g/mol. The van der Waals surface area contributed by atoms with Crippen LogP contribution >= 0.6 is 0 Å². The van der Waals surface area contributed by atoms with Gasteiger partial charge in [0.25, 0.3) is 0 Å². The van der Waals surface area contributed by atoms with Gasteiger partial charge in [-0.05, 0) is 49.2 Å². The largest absolute Gasteiger partial charge is 0.478 e. The monoisotopic (exact) mass is 411 g/mol. The fourth-order valence-electron chi connectivity index (χ4n) is 3.64. The number of aromatic nitrogens is 2. The first-order chi connectivity index (χ1) is 14.0. The summed E-state index contributed by atoms with van der Waals surface area (Å²) in [6, 6.07) is 9.52. The molecular formula is C21H21N3O4S. The number of hydrogen-bond donors (Lipinski definition) is 1. The molecule has 0 spiro atoms. The maximum Gasteiger partial charge on any atom is 0.336 e. The van der Waals surface area contributed by atoms with Gasteiger partial charge in [0, 0.05) is 36.4 Å². The number of carboxylic acid groups (broad SMARTS) is 1. The third-order valence-corrected chi connectivity index (χ3v) is 7.07. The normalized spacial score (nSPS) is 15.9. The Morgan fingerprint density at radius 2 is 1.79 bits per heavy atom. The number of rotatable bonds is 4. The zero-order valence-electron chi connectivity index (χ0n) is 15.8. The van der Waals surface area contributed by atoms with Gasteiger partial charge in [0.15, 0.2) is 0 Å². The van der Waals surface area contributed by atoms with Gasteiger partial charge in [0.05, 0.1) is 21.7 Å². The molecule has 1 saturated heterocycles. The van der Waals surface area contributed by atoms with Crippen LogP contribution in [0.3, 0.4) is 0 Å². The summed E-state index contributed by atoms with van der Waals surface area (Å²) in [5.74, 6) is -1.13. The molecule has 1 N–H and O–H groups in total. The smallest absolute Gasteiger partial charge is 0.336 e. The molecule has 1 aliphatic heterocycles. The molecule has 29 heavy (non-hydrogen) atoms. The van der Waals surface area contributed by atoms with Crippen LogP contribution in [0, 0.1) is 0 Å².